The number of benzene rings is 1. The summed E-state index contributed by atoms with van der Waals surface area (Å²) in [5.74, 6) is 0.747. The van der Waals surface area contributed by atoms with Gasteiger partial charge in [0, 0.05) is 4.90 Å². The fourth-order valence-electron chi connectivity index (χ4n) is 2.21. The first-order valence-electron chi connectivity index (χ1n) is 6.24. The molecule has 0 aromatic heterocycles. The van der Waals surface area contributed by atoms with E-state index >= 15 is 0 Å². The zero-order chi connectivity index (χ0) is 12.6. The molecule has 2 atom stereocenters. The van der Waals surface area contributed by atoms with Crippen LogP contribution < -0.4 is 18.9 Å². The van der Waals surface area contributed by atoms with E-state index in [4.69, 9.17) is 0 Å². The van der Waals surface area contributed by atoms with E-state index in [1.54, 1.807) is 0 Å². The number of thioether (sulfide) groups is 1. The van der Waals surface area contributed by atoms with Crippen LogP contribution in [0.5, 0.6) is 0 Å². The first kappa shape index (κ1) is 15.8. The van der Waals surface area contributed by atoms with Crippen molar-refractivity contribution in [2.24, 2.45) is 5.92 Å². The second-order valence-corrected chi connectivity index (χ2v) is 6.32. The molecule has 1 aromatic carbocycles. The normalized spacial score (nSPS) is 22.0. The van der Waals surface area contributed by atoms with Crippen molar-refractivity contribution in [2.45, 2.75) is 44.3 Å². The van der Waals surface area contributed by atoms with Gasteiger partial charge >= 0.3 is 18.9 Å². The Morgan fingerprint density at radius 3 is 2.22 bits per heavy atom. The van der Waals surface area contributed by atoms with Crippen LogP contribution in [0.3, 0.4) is 0 Å². The molecule has 0 radical (unpaired) electrons. The van der Waals surface area contributed by atoms with Crippen molar-refractivity contribution in [1.29, 1.82) is 0 Å². The van der Waals surface area contributed by atoms with E-state index in [2.05, 4.69) is 58.5 Å². The smallest absolute Gasteiger partial charge is 0.245 e. The summed E-state index contributed by atoms with van der Waals surface area (Å²) in [5.41, 5.74) is 5.76. The molecule has 0 unspecified atom stereocenters. The van der Waals surface area contributed by atoms with Crippen LogP contribution in [0.25, 0.3) is 0 Å². The Morgan fingerprint density at radius 2 is 1.72 bits per heavy atom. The Kier molecular flexibility index (Phi) is 5.53. The average Bonchev–Trinajstić information content (AvgIpc) is 3.01. The summed E-state index contributed by atoms with van der Waals surface area (Å²) in [6.45, 7) is 12.7. The third kappa shape index (κ3) is 3.21. The maximum atomic E-state index is 3.78. The summed E-state index contributed by atoms with van der Waals surface area (Å²) in [7, 11) is 0. The predicted molar refractivity (Wildman–Crippen MR) is 77.6 cm³/mol. The van der Waals surface area contributed by atoms with Crippen molar-refractivity contribution in [1.82, 2.24) is 0 Å². The SMILES string of the molecule is [CH2-]/C=C/[C@H]1C[C@@H]1Sc1c(C)c(C)cc(C)c1C.[Li+]. The molecule has 1 aliphatic rings. The summed E-state index contributed by atoms with van der Waals surface area (Å²) in [4.78, 5) is 1.51. The predicted octanol–water partition coefficient (Wildman–Crippen LogP) is 1.80. The van der Waals surface area contributed by atoms with Gasteiger partial charge in [0.25, 0.3) is 0 Å². The Balaban J connectivity index is 0.00000162. The van der Waals surface area contributed by atoms with Crippen LogP contribution in [0.15, 0.2) is 23.1 Å². The molecular formula is C16H21LiS. The molecule has 0 spiro atoms. The van der Waals surface area contributed by atoms with E-state index < -0.39 is 0 Å². The van der Waals surface area contributed by atoms with Crippen LogP contribution in [0.1, 0.15) is 28.7 Å². The van der Waals surface area contributed by atoms with E-state index in [-0.39, 0.29) is 18.9 Å². The standard InChI is InChI=1S/C16H21S.Li/c1-6-7-14-9-15(14)17-16-12(4)10(2)8-11(3)13(16)5;/h6-8,14-15H,1,9H2,2-5H3;/q-1;+1/b7-6+;/t14-,15-;/m0./s1. The first-order chi connectivity index (χ1) is 8.04. The molecule has 1 aromatic rings. The molecule has 0 nitrogen and oxygen atoms in total. The number of aryl methyl sites for hydroxylation is 2. The molecule has 1 fully saturated rings. The first-order valence-corrected chi connectivity index (χ1v) is 7.12. The molecule has 2 rings (SSSR count). The van der Waals surface area contributed by atoms with Crippen LogP contribution in [0, 0.1) is 40.5 Å². The minimum atomic E-state index is 0. The van der Waals surface area contributed by atoms with Crippen molar-refractivity contribution in [3.63, 3.8) is 0 Å². The van der Waals surface area contributed by atoms with Gasteiger partial charge in [0.2, 0.25) is 0 Å². The average molecular weight is 252 g/mol. The van der Waals surface area contributed by atoms with Crippen LogP contribution in [0.4, 0.5) is 0 Å². The molecule has 0 N–H and O–H groups in total. The Hall–Kier alpha value is -0.223. The summed E-state index contributed by atoms with van der Waals surface area (Å²) in [6.07, 6.45) is 5.49. The Bertz CT molecular complexity index is 436. The maximum absolute atomic E-state index is 3.78. The summed E-state index contributed by atoms with van der Waals surface area (Å²) < 4.78 is 0. The van der Waals surface area contributed by atoms with Crippen molar-refractivity contribution in [3.8, 4) is 0 Å². The molecule has 0 amide bonds. The molecule has 2 heteroatoms. The topological polar surface area (TPSA) is 0 Å². The minimum absolute atomic E-state index is 0. The monoisotopic (exact) mass is 252 g/mol. The van der Waals surface area contributed by atoms with Gasteiger partial charge in [0.05, 0.1) is 0 Å². The van der Waals surface area contributed by atoms with Gasteiger partial charge in [-0.3, -0.25) is 0 Å². The van der Waals surface area contributed by atoms with Crippen LogP contribution in [-0.4, -0.2) is 5.25 Å². The van der Waals surface area contributed by atoms with Crippen LogP contribution in [-0.2, 0) is 0 Å². The van der Waals surface area contributed by atoms with Gasteiger partial charge < -0.3 is 0 Å². The molecule has 0 bridgehead atoms. The minimum Gasteiger partial charge on any atom is -0.245 e. The van der Waals surface area contributed by atoms with Gasteiger partial charge in [-0.05, 0) is 61.6 Å². The van der Waals surface area contributed by atoms with E-state index in [0.717, 1.165) is 11.2 Å². The fraction of sp³-hybridized carbons (Fsp3) is 0.438. The summed E-state index contributed by atoms with van der Waals surface area (Å²) in [6, 6.07) is 2.30. The largest absolute Gasteiger partial charge is 1.00 e. The fourth-order valence-corrected chi connectivity index (χ4v) is 3.77. The molecule has 18 heavy (non-hydrogen) atoms. The van der Waals surface area contributed by atoms with Crippen molar-refractivity contribution in [2.75, 3.05) is 0 Å². The van der Waals surface area contributed by atoms with Crippen molar-refractivity contribution < 1.29 is 18.9 Å². The van der Waals surface area contributed by atoms with Crippen molar-refractivity contribution in [3.05, 3.63) is 47.4 Å². The van der Waals surface area contributed by atoms with E-state index in [9.17, 15) is 0 Å². The zero-order valence-corrected chi connectivity index (χ0v) is 13.0. The number of hydrogen-bond acceptors (Lipinski definition) is 1. The number of rotatable bonds is 3. The van der Waals surface area contributed by atoms with Gasteiger partial charge in [-0.1, -0.05) is 12.0 Å². The molecule has 0 saturated heterocycles. The van der Waals surface area contributed by atoms with Crippen LogP contribution >= 0.6 is 11.8 Å². The van der Waals surface area contributed by atoms with Gasteiger partial charge in [0.15, 0.2) is 0 Å². The quantitative estimate of drug-likeness (QED) is 0.584. The summed E-state index contributed by atoms with van der Waals surface area (Å²) in [5, 5.41) is 0.770. The van der Waals surface area contributed by atoms with Gasteiger partial charge in [-0.2, -0.15) is 0 Å². The molecule has 0 aliphatic heterocycles. The number of allylic oxidation sites excluding steroid dienone is 2. The molecule has 92 valence electrons. The van der Waals surface area contributed by atoms with Crippen molar-refractivity contribution >= 4 is 11.8 Å². The van der Waals surface area contributed by atoms with Gasteiger partial charge in [-0.15, -0.1) is 11.8 Å². The second-order valence-electron chi connectivity index (χ2n) is 5.07. The van der Waals surface area contributed by atoms with E-state index in [0.29, 0.717) is 0 Å². The molecule has 0 heterocycles. The van der Waals surface area contributed by atoms with E-state index in [1.165, 1.54) is 33.6 Å². The Morgan fingerprint density at radius 1 is 1.17 bits per heavy atom. The number of hydrogen-bond donors (Lipinski definition) is 0. The molecule has 1 saturated carbocycles. The van der Waals surface area contributed by atoms with E-state index in [1.807, 2.05) is 6.08 Å². The summed E-state index contributed by atoms with van der Waals surface area (Å²) >= 11 is 2.06. The Labute approximate surface area is 128 Å². The van der Waals surface area contributed by atoms with Crippen LogP contribution in [0.2, 0.25) is 0 Å². The third-order valence-electron chi connectivity index (χ3n) is 3.73. The molecule has 1 aliphatic carbocycles. The third-order valence-corrected chi connectivity index (χ3v) is 5.42. The van der Waals surface area contributed by atoms with Gasteiger partial charge in [-0.25, -0.2) is 19.1 Å². The van der Waals surface area contributed by atoms with Gasteiger partial charge in [0.1, 0.15) is 0 Å². The maximum Gasteiger partial charge on any atom is 1.00 e. The second kappa shape index (κ2) is 6.29. The molecular weight excluding hydrogens is 231 g/mol. The zero-order valence-electron chi connectivity index (χ0n) is 12.2.